The van der Waals surface area contributed by atoms with Crippen LogP contribution in [0.2, 0.25) is 5.02 Å². The highest BCUT2D eigenvalue weighted by molar-refractivity contribution is 7.13. The molecule has 122 valence electrons. The molecule has 0 saturated carbocycles. The molecule has 0 aliphatic carbocycles. The fourth-order valence-electron chi connectivity index (χ4n) is 1.73. The van der Waals surface area contributed by atoms with E-state index in [0.717, 1.165) is 0 Å². The van der Waals surface area contributed by atoms with Crippen molar-refractivity contribution in [1.29, 1.82) is 0 Å². The lowest BCUT2D eigenvalue weighted by Crippen LogP contribution is -2.42. The first-order valence-corrected chi connectivity index (χ1v) is 8.01. The van der Waals surface area contributed by atoms with E-state index in [1.54, 1.807) is 31.2 Å². The minimum atomic E-state index is -0.738. The molecule has 6 nitrogen and oxygen atoms in total. The molecule has 0 aliphatic heterocycles. The van der Waals surface area contributed by atoms with Gasteiger partial charge in [0.05, 0.1) is 5.69 Å². The Balaban J connectivity index is 2.01. The quantitative estimate of drug-likeness (QED) is 0.833. The Hall–Kier alpha value is -2.12. The van der Waals surface area contributed by atoms with Crippen molar-refractivity contribution in [2.75, 3.05) is 0 Å². The van der Waals surface area contributed by atoms with Crippen LogP contribution in [-0.4, -0.2) is 22.8 Å². The van der Waals surface area contributed by atoms with Crippen LogP contribution in [-0.2, 0) is 11.4 Å². The Morgan fingerprint density at radius 3 is 2.65 bits per heavy atom. The molecule has 1 heterocycles. The largest absolute Gasteiger partial charge is 0.486 e. The Bertz CT molecular complexity index is 715. The van der Waals surface area contributed by atoms with E-state index in [1.165, 1.54) is 18.3 Å². The third-order valence-corrected chi connectivity index (χ3v) is 4.38. The molecule has 1 unspecified atom stereocenters. The average molecular weight is 354 g/mol. The summed E-state index contributed by atoms with van der Waals surface area (Å²) in [6, 6.07) is 6.23. The van der Waals surface area contributed by atoms with Crippen LogP contribution >= 0.6 is 22.9 Å². The number of amides is 2. The maximum atomic E-state index is 12.1. The molecule has 23 heavy (non-hydrogen) atoms. The van der Waals surface area contributed by atoms with E-state index in [9.17, 15) is 9.59 Å². The second-order valence-electron chi connectivity index (χ2n) is 4.86. The molecule has 0 spiro atoms. The van der Waals surface area contributed by atoms with Crippen molar-refractivity contribution in [3.05, 3.63) is 44.9 Å². The molecule has 2 rings (SSSR count). The number of aromatic nitrogens is 1. The van der Waals surface area contributed by atoms with Gasteiger partial charge in [0.15, 0.2) is 0 Å². The van der Waals surface area contributed by atoms with Gasteiger partial charge in [0.25, 0.3) is 5.91 Å². The van der Waals surface area contributed by atoms with Gasteiger partial charge >= 0.3 is 0 Å². The van der Waals surface area contributed by atoms with E-state index in [4.69, 9.17) is 22.1 Å². The van der Waals surface area contributed by atoms with Crippen molar-refractivity contribution >= 4 is 34.8 Å². The van der Waals surface area contributed by atoms with Crippen LogP contribution in [0.25, 0.3) is 0 Å². The minimum absolute atomic E-state index is 0.242. The van der Waals surface area contributed by atoms with Crippen LogP contribution in [0.4, 0.5) is 0 Å². The molecular weight excluding hydrogens is 338 g/mol. The Morgan fingerprint density at radius 2 is 2.04 bits per heavy atom. The van der Waals surface area contributed by atoms with Crippen LogP contribution in [0.5, 0.6) is 5.75 Å². The van der Waals surface area contributed by atoms with Gasteiger partial charge in [-0.25, -0.2) is 4.98 Å². The lowest BCUT2D eigenvalue weighted by molar-refractivity contribution is -0.119. The van der Waals surface area contributed by atoms with Crippen molar-refractivity contribution < 1.29 is 14.3 Å². The maximum absolute atomic E-state index is 12.1. The van der Waals surface area contributed by atoms with E-state index >= 15 is 0 Å². The van der Waals surface area contributed by atoms with Gasteiger partial charge in [-0.2, -0.15) is 0 Å². The predicted molar refractivity (Wildman–Crippen MR) is 88.8 cm³/mol. The summed E-state index contributed by atoms with van der Waals surface area (Å²) < 4.78 is 5.60. The van der Waals surface area contributed by atoms with Gasteiger partial charge in [0, 0.05) is 5.02 Å². The number of benzene rings is 1. The summed E-state index contributed by atoms with van der Waals surface area (Å²) in [4.78, 5) is 27.9. The van der Waals surface area contributed by atoms with Crippen LogP contribution in [0.15, 0.2) is 24.3 Å². The van der Waals surface area contributed by atoms with E-state index in [1.807, 2.05) is 0 Å². The molecule has 2 amide bonds. The van der Waals surface area contributed by atoms with Crippen molar-refractivity contribution in [2.24, 2.45) is 5.73 Å². The van der Waals surface area contributed by atoms with Gasteiger partial charge in [0.2, 0.25) is 5.91 Å². The van der Waals surface area contributed by atoms with Crippen molar-refractivity contribution in [3.8, 4) is 5.75 Å². The summed E-state index contributed by atoms with van der Waals surface area (Å²) in [5, 5.41) is 3.82. The Labute approximate surface area is 142 Å². The summed E-state index contributed by atoms with van der Waals surface area (Å²) in [6.07, 6.45) is 0. The number of nitrogens with one attached hydrogen (secondary N) is 1. The molecule has 0 fully saturated rings. The molecule has 0 radical (unpaired) electrons. The van der Waals surface area contributed by atoms with Crippen molar-refractivity contribution in [3.63, 3.8) is 0 Å². The second-order valence-corrected chi connectivity index (χ2v) is 6.38. The molecule has 0 aliphatic rings. The number of aryl methyl sites for hydroxylation is 1. The zero-order valence-electron chi connectivity index (χ0n) is 12.6. The van der Waals surface area contributed by atoms with Crippen LogP contribution in [0, 0.1) is 6.92 Å². The van der Waals surface area contributed by atoms with E-state index < -0.39 is 11.9 Å². The fourth-order valence-corrected chi connectivity index (χ4v) is 2.74. The number of halogens is 1. The van der Waals surface area contributed by atoms with Crippen LogP contribution in [0.3, 0.4) is 0 Å². The number of hydrogen-bond donors (Lipinski definition) is 2. The average Bonchev–Trinajstić information content (AvgIpc) is 2.87. The van der Waals surface area contributed by atoms with Gasteiger partial charge in [-0.3, -0.25) is 9.59 Å². The first-order valence-electron chi connectivity index (χ1n) is 6.81. The molecule has 2 aromatic rings. The summed E-state index contributed by atoms with van der Waals surface area (Å²) in [6.45, 7) is 3.50. The third-order valence-electron chi connectivity index (χ3n) is 3.00. The number of thiazole rings is 1. The lowest BCUT2D eigenvalue weighted by Gasteiger charge is -2.08. The van der Waals surface area contributed by atoms with Crippen molar-refractivity contribution in [1.82, 2.24) is 10.3 Å². The molecule has 1 aromatic carbocycles. The highest BCUT2D eigenvalue weighted by atomic mass is 35.5. The smallest absolute Gasteiger partial charge is 0.263 e. The third kappa shape index (κ3) is 4.67. The normalized spacial score (nSPS) is 11.8. The topological polar surface area (TPSA) is 94.3 Å². The number of carbonyl (C=O) groups excluding carboxylic acids is 2. The first kappa shape index (κ1) is 17.2. The van der Waals surface area contributed by atoms with E-state index in [2.05, 4.69) is 10.3 Å². The van der Waals surface area contributed by atoms with Crippen LogP contribution in [0.1, 0.15) is 27.3 Å². The van der Waals surface area contributed by atoms with E-state index in [0.29, 0.717) is 26.4 Å². The maximum Gasteiger partial charge on any atom is 0.263 e. The first-order chi connectivity index (χ1) is 10.9. The van der Waals surface area contributed by atoms with Gasteiger partial charge < -0.3 is 15.8 Å². The molecule has 1 atom stereocenters. The molecule has 1 aromatic heterocycles. The summed E-state index contributed by atoms with van der Waals surface area (Å²) in [5.74, 6) is -0.300. The van der Waals surface area contributed by atoms with Gasteiger partial charge in [-0.05, 0) is 38.1 Å². The molecule has 3 N–H and O–H groups in total. The zero-order chi connectivity index (χ0) is 17.0. The van der Waals surface area contributed by atoms with Crippen molar-refractivity contribution in [2.45, 2.75) is 26.5 Å². The van der Waals surface area contributed by atoms with E-state index in [-0.39, 0.29) is 12.5 Å². The lowest BCUT2D eigenvalue weighted by atomic mass is 10.3. The zero-order valence-corrected chi connectivity index (χ0v) is 14.2. The second kappa shape index (κ2) is 7.43. The van der Waals surface area contributed by atoms with Gasteiger partial charge in [-0.1, -0.05) is 11.6 Å². The Morgan fingerprint density at radius 1 is 1.39 bits per heavy atom. The monoisotopic (exact) mass is 353 g/mol. The Kier molecular flexibility index (Phi) is 5.57. The molecule has 8 heteroatoms. The fraction of sp³-hybridized carbons (Fsp3) is 0.267. The number of hydrogen-bond acceptors (Lipinski definition) is 5. The SMILES string of the molecule is Cc1nc(COc2ccc(Cl)cc2)sc1C(=O)NC(C)C(N)=O. The highest BCUT2D eigenvalue weighted by Crippen LogP contribution is 2.21. The summed E-state index contributed by atoms with van der Waals surface area (Å²) in [5.41, 5.74) is 5.72. The van der Waals surface area contributed by atoms with Gasteiger partial charge in [0.1, 0.15) is 28.3 Å². The summed E-state index contributed by atoms with van der Waals surface area (Å²) in [7, 11) is 0. The predicted octanol–water partition coefficient (Wildman–Crippen LogP) is 2.29. The highest BCUT2D eigenvalue weighted by Gasteiger charge is 2.19. The molecular formula is C15H16ClN3O3S. The summed E-state index contributed by atoms with van der Waals surface area (Å²) >= 11 is 7.03. The molecule has 0 saturated heterocycles. The minimum Gasteiger partial charge on any atom is -0.486 e. The number of carbonyl (C=O) groups is 2. The number of rotatable bonds is 6. The molecule has 0 bridgehead atoms. The number of nitrogens with two attached hydrogens (primary N) is 1. The van der Waals surface area contributed by atoms with Gasteiger partial charge in [-0.15, -0.1) is 11.3 Å². The number of nitrogens with zero attached hydrogens (tertiary/aromatic N) is 1. The standard InChI is InChI=1S/C15H16ClN3O3S/c1-8-13(15(21)19-9(2)14(17)20)23-12(18-8)7-22-11-5-3-10(16)4-6-11/h3-6,9H,7H2,1-2H3,(H2,17,20)(H,19,21). The van der Waals surface area contributed by atoms with Crippen LogP contribution < -0.4 is 15.8 Å². The number of primary amides is 1. The number of ether oxygens (including phenoxy) is 1.